The molecule has 0 radical (unpaired) electrons. The SMILES string of the molecule is CC(=S)c1ccc(N2CCOCC2)cc1. The average Bonchev–Trinajstić information content (AvgIpc) is 2.30. The minimum atomic E-state index is 0.827. The van der Waals surface area contributed by atoms with E-state index in [1.165, 1.54) is 5.69 Å². The molecule has 0 unspecified atom stereocenters. The molecule has 1 aromatic carbocycles. The Hall–Kier alpha value is -0.930. The second-order valence-corrected chi connectivity index (χ2v) is 4.31. The third-order valence-corrected chi connectivity index (χ3v) is 2.89. The van der Waals surface area contributed by atoms with E-state index in [0.29, 0.717) is 0 Å². The van der Waals surface area contributed by atoms with E-state index in [-0.39, 0.29) is 0 Å². The lowest BCUT2D eigenvalue weighted by atomic mass is 10.1. The van der Waals surface area contributed by atoms with Crippen LogP contribution in [0.25, 0.3) is 0 Å². The van der Waals surface area contributed by atoms with Crippen LogP contribution in [0.15, 0.2) is 24.3 Å². The zero-order valence-corrected chi connectivity index (χ0v) is 9.72. The molecule has 1 aliphatic rings. The van der Waals surface area contributed by atoms with Gasteiger partial charge in [-0.05, 0) is 24.6 Å². The monoisotopic (exact) mass is 221 g/mol. The highest BCUT2D eigenvalue weighted by Crippen LogP contribution is 2.16. The van der Waals surface area contributed by atoms with Crippen LogP contribution in [0, 0.1) is 0 Å². The minimum Gasteiger partial charge on any atom is -0.378 e. The molecule has 2 nitrogen and oxygen atoms in total. The molecule has 1 saturated heterocycles. The zero-order valence-electron chi connectivity index (χ0n) is 8.90. The normalized spacial score (nSPS) is 16.5. The van der Waals surface area contributed by atoms with Crippen LogP contribution in [-0.2, 0) is 4.74 Å². The highest BCUT2D eigenvalue weighted by Gasteiger charge is 2.10. The van der Waals surface area contributed by atoms with Crippen molar-refractivity contribution in [2.75, 3.05) is 31.2 Å². The molecule has 1 aromatic rings. The molecule has 0 aliphatic carbocycles. The summed E-state index contributed by atoms with van der Waals surface area (Å²) in [6.45, 7) is 5.58. The van der Waals surface area contributed by atoms with Crippen molar-refractivity contribution in [2.45, 2.75) is 6.92 Å². The van der Waals surface area contributed by atoms with E-state index in [9.17, 15) is 0 Å². The van der Waals surface area contributed by atoms with Gasteiger partial charge in [-0.2, -0.15) is 0 Å². The van der Waals surface area contributed by atoms with Gasteiger partial charge in [-0.3, -0.25) is 0 Å². The fraction of sp³-hybridized carbons (Fsp3) is 0.417. The first-order chi connectivity index (χ1) is 7.27. The smallest absolute Gasteiger partial charge is 0.0642 e. The topological polar surface area (TPSA) is 12.5 Å². The Kier molecular flexibility index (Phi) is 3.34. The molecule has 80 valence electrons. The van der Waals surface area contributed by atoms with E-state index in [4.69, 9.17) is 17.0 Å². The van der Waals surface area contributed by atoms with Crippen molar-refractivity contribution in [3.05, 3.63) is 29.8 Å². The maximum absolute atomic E-state index is 5.32. The van der Waals surface area contributed by atoms with Gasteiger partial charge in [0.15, 0.2) is 0 Å². The quantitative estimate of drug-likeness (QED) is 0.561. The molecule has 1 fully saturated rings. The van der Waals surface area contributed by atoms with Gasteiger partial charge in [-0.25, -0.2) is 0 Å². The number of morpholine rings is 1. The van der Waals surface area contributed by atoms with Crippen LogP contribution in [0.3, 0.4) is 0 Å². The number of hydrogen-bond donors (Lipinski definition) is 0. The molecule has 0 atom stereocenters. The zero-order chi connectivity index (χ0) is 10.7. The molecule has 0 amide bonds. The summed E-state index contributed by atoms with van der Waals surface area (Å²) in [7, 11) is 0. The lowest BCUT2D eigenvalue weighted by molar-refractivity contribution is 0.122. The molecular weight excluding hydrogens is 206 g/mol. The largest absolute Gasteiger partial charge is 0.378 e. The molecule has 15 heavy (non-hydrogen) atoms. The Bertz CT molecular complexity index is 341. The lowest BCUT2D eigenvalue weighted by Gasteiger charge is -2.28. The van der Waals surface area contributed by atoms with Gasteiger partial charge in [0.05, 0.1) is 13.2 Å². The summed E-state index contributed by atoms with van der Waals surface area (Å²) in [5.74, 6) is 0. The van der Waals surface area contributed by atoms with Crippen LogP contribution in [0.2, 0.25) is 0 Å². The van der Waals surface area contributed by atoms with E-state index in [0.717, 1.165) is 36.7 Å². The lowest BCUT2D eigenvalue weighted by Crippen LogP contribution is -2.36. The van der Waals surface area contributed by atoms with Gasteiger partial charge in [-0.1, -0.05) is 24.4 Å². The first-order valence-electron chi connectivity index (χ1n) is 5.21. The predicted molar refractivity (Wildman–Crippen MR) is 66.8 cm³/mol. The van der Waals surface area contributed by atoms with Crippen LogP contribution in [-0.4, -0.2) is 31.2 Å². The number of nitrogens with zero attached hydrogens (tertiary/aromatic N) is 1. The standard InChI is InChI=1S/C12H15NOS/c1-10(15)11-2-4-12(5-3-11)13-6-8-14-9-7-13/h2-5H,6-9H2,1H3. The third-order valence-electron chi connectivity index (χ3n) is 2.65. The van der Waals surface area contributed by atoms with Gasteiger partial charge in [0.2, 0.25) is 0 Å². The van der Waals surface area contributed by atoms with E-state index in [2.05, 4.69) is 29.2 Å². The van der Waals surface area contributed by atoms with Crippen molar-refractivity contribution < 1.29 is 4.74 Å². The summed E-state index contributed by atoms with van der Waals surface area (Å²) in [4.78, 5) is 3.29. The summed E-state index contributed by atoms with van der Waals surface area (Å²) >= 11 is 5.13. The predicted octanol–water partition coefficient (Wildman–Crippen LogP) is 2.26. The summed E-state index contributed by atoms with van der Waals surface area (Å²) in [5.41, 5.74) is 2.40. The van der Waals surface area contributed by atoms with Crippen molar-refractivity contribution in [1.82, 2.24) is 0 Å². The fourth-order valence-electron chi connectivity index (χ4n) is 1.73. The van der Waals surface area contributed by atoms with Crippen LogP contribution in [0.5, 0.6) is 0 Å². The molecule has 0 saturated carbocycles. The first kappa shape index (κ1) is 10.6. The highest BCUT2D eigenvalue weighted by atomic mass is 32.1. The molecule has 0 N–H and O–H groups in total. The molecule has 3 heteroatoms. The Morgan fingerprint density at radius 2 is 1.80 bits per heavy atom. The maximum atomic E-state index is 5.32. The van der Waals surface area contributed by atoms with Crippen molar-refractivity contribution in [1.29, 1.82) is 0 Å². The number of benzene rings is 1. The Morgan fingerprint density at radius 3 is 2.33 bits per heavy atom. The maximum Gasteiger partial charge on any atom is 0.0642 e. The van der Waals surface area contributed by atoms with E-state index in [1.54, 1.807) is 0 Å². The number of rotatable bonds is 2. The number of anilines is 1. The van der Waals surface area contributed by atoms with E-state index in [1.807, 2.05) is 6.92 Å². The van der Waals surface area contributed by atoms with Gasteiger partial charge in [0.25, 0.3) is 0 Å². The number of hydrogen-bond acceptors (Lipinski definition) is 3. The fourth-order valence-corrected chi connectivity index (χ4v) is 1.86. The van der Waals surface area contributed by atoms with Gasteiger partial charge in [0, 0.05) is 23.6 Å². The van der Waals surface area contributed by atoms with Gasteiger partial charge in [0.1, 0.15) is 0 Å². The van der Waals surface area contributed by atoms with Crippen LogP contribution in [0.1, 0.15) is 12.5 Å². The summed E-state index contributed by atoms with van der Waals surface area (Å²) in [6.07, 6.45) is 0. The van der Waals surface area contributed by atoms with Crippen LogP contribution >= 0.6 is 12.2 Å². The Labute approximate surface area is 95.8 Å². The second kappa shape index (κ2) is 4.73. The third kappa shape index (κ3) is 2.55. The number of ether oxygens (including phenoxy) is 1. The van der Waals surface area contributed by atoms with Gasteiger partial charge >= 0.3 is 0 Å². The average molecular weight is 221 g/mol. The minimum absolute atomic E-state index is 0.827. The summed E-state index contributed by atoms with van der Waals surface area (Å²) < 4.78 is 5.32. The Morgan fingerprint density at radius 1 is 1.20 bits per heavy atom. The molecule has 0 bridgehead atoms. The van der Waals surface area contributed by atoms with Crippen LogP contribution in [0.4, 0.5) is 5.69 Å². The number of thiocarbonyl (C=S) groups is 1. The Balaban J connectivity index is 2.11. The van der Waals surface area contributed by atoms with Crippen molar-refractivity contribution in [2.24, 2.45) is 0 Å². The van der Waals surface area contributed by atoms with Gasteiger partial charge in [-0.15, -0.1) is 0 Å². The molecule has 0 spiro atoms. The van der Waals surface area contributed by atoms with Crippen molar-refractivity contribution in [3.63, 3.8) is 0 Å². The van der Waals surface area contributed by atoms with Crippen molar-refractivity contribution >= 4 is 22.8 Å². The molecule has 1 heterocycles. The second-order valence-electron chi connectivity index (χ2n) is 3.70. The van der Waals surface area contributed by atoms with E-state index < -0.39 is 0 Å². The molecule has 0 aromatic heterocycles. The molecule has 1 aliphatic heterocycles. The van der Waals surface area contributed by atoms with Crippen LogP contribution < -0.4 is 4.90 Å². The summed E-state index contributed by atoms with van der Waals surface area (Å²) in [5, 5.41) is 0. The van der Waals surface area contributed by atoms with E-state index >= 15 is 0 Å². The molecule has 2 rings (SSSR count). The van der Waals surface area contributed by atoms with Crippen molar-refractivity contribution in [3.8, 4) is 0 Å². The van der Waals surface area contributed by atoms with Gasteiger partial charge < -0.3 is 9.64 Å². The first-order valence-corrected chi connectivity index (χ1v) is 5.62. The highest BCUT2D eigenvalue weighted by molar-refractivity contribution is 7.80. The summed E-state index contributed by atoms with van der Waals surface area (Å²) in [6, 6.07) is 8.45. The molecular formula is C12H15NOS.